The average Bonchev–Trinajstić information content (AvgIpc) is 2.52. The van der Waals surface area contributed by atoms with Crippen molar-refractivity contribution in [2.75, 3.05) is 7.11 Å². The molecule has 0 aliphatic heterocycles. The molecule has 1 aromatic heterocycles. The van der Waals surface area contributed by atoms with Crippen LogP contribution in [0.3, 0.4) is 0 Å². The minimum absolute atomic E-state index is 0.274. The largest absolute Gasteiger partial charge is 0.364 e. The first-order chi connectivity index (χ1) is 10.6. The SMILES string of the molecule is COC(C)ON=C(Cc1cccnc1)c1ccc(F)cc1Cl. The smallest absolute Gasteiger partial charge is 0.223 e. The zero-order chi connectivity index (χ0) is 15.9. The van der Waals surface area contributed by atoms with E-state index in [9.17, 15) is 4.39 Å². The number of methoxy groups -OCH3 is 1. The van der Waals surface area contributed by atoms with Crippen molar-refractivity contribution in [3.05, 3.63) is 64.7 Å². The lowest BCUT2D eigenvalue weighted by Gasteiger charge is -2.12. The number of hydrogen-bond donors (Lipinski definition) is 0. The molecule has 4 nitrogen and oxygen atoms in total. The molecule has 1 heterocycles. The Labute approximate surface area is 133 Å². The number of nitrogens with zero attached hydrogens (tertiary/aromatic N) is 2. The fraction of sp³-hybridized carbons (Fsp3) is 0.250. The van der Waals surface area contributed by atoms with Gasteiger partial charge in [-0.25, -0.2) is 4.39 Å². The number of pyridine rings is 1. The molecule has 0 N–H and O–H groups in total. The maximum atomic E-state index is 13.2. The zero-order valence-corrected chi connectivity index (χ0v) is 13.0. The molecule has 0 saturated heterocycles. The van der Waals surface area contributed by atoms with Gasteiger partial charge in [-0.3, -0.25) is 4.98 Å². The van der Waals surface area contributed by atoms with Crippen LogP contribution in [0.5, 0.6) is 0 Å². The van der Waals surface area contributed by atoms with Crippen molar-refractivity contribution in [2.45, 2.75) is 19.6 Å². The number of hydrogen-bond acceptors (Lipinski definition) is 4. The van der Waals surface area contributed by atoms with E-state index in [1.165, 1.54) is 19.2 Å². The van der Waals surface area contributed by atoms with E-state index in [0.717, 1.165) is 5.56 Å². The molecule has 0 spiro atoms. The van der Waals surface area contributed by atoms with Gasteiger partial charge in [-0.15, -0.1) is 0 Å². The van der Waals surface area contributed by atoms with Crippen molar-refractivity contribution in [3.63, 3.8) is 0 Å². The maximum Gasteiger partial charge on any atom is 0.223 e. The van der Waals surface area contributed by atoms with Crippen LogP contribution in [-0.2, 0) is 16.0 Å². The fourth-order valence-electron chi connectivity index (χ4n) is 1.78. The molecule has 116 valence electrons. The summed E-state index contributed by atoms with van der Waals surface area (Å²) in [6.45, 7) is 1.72. The van der Waals surface area contributed by atoms with Crippen molar-refractivity contribution in [1.29, 1.82) is 0 Å². The number of aromatic nitrogens is 1. The van der Waals surface area contributed by atoms with Crippen LogP contribution in [0.1, 0.15) is 18.1 Å². The minimum atomic E-state index is -0.497. The summed E-state index contributed by atoms with van der Waals surface area (Å²) in [4.78, 5) is 9.32. The van der Waals surface area contributed by atoms with Gasteiger partial charge in [0.2, 0.25) is 6.29 Å². The van der Waals surface area contributed by atoms with Gasteiger partial charge in [0.15, 0.2) is 0 Å². The molecule has 6 heteroatoms. The number of benzene rings is 1. The second-order valence-corrected chi connectivity index (χ2v) is 5.02. The first-order valence-corrected chi connectivity index (χ1v) is 7.07. The van der Waals surface area contributed by atoms with Gasteiger partial charge in [0, 0.05) is 38.4 Å². The highest BCUT2D eigenvalue weighted by Crippen LogP contribution is 2.20. The van der Waals surface area contributed by atoms with Gasteiger partial charge in [-0.05, 0) is 29.8 Å². The van der Waals surface area contributed by atoms with E-state index in [1.807, 2.05) is 12.1 Å². The Kier molecular flexibility index (Phi) is 5.86. The average molecular weight is 323 g/mol. The molecule has 0 bridgehead atoms. The van der Waals surface area contributed by atoms with E-state index >= 15 is 0 Å². The Hall–Kier alpha value is -1.98. The Balaban J connectivity index is 2.32. The zero-order valence-electron chi connectivity index (χ0n) is 12.3. The van der Waals surface area contributed by atoms with E-state index in [2.05, 4.69) is 10.1 Å². The van der Waals surface area contributed by atoms with Crippen LogP contribution in [0.25, 0.3) is 0 Å². The molecule has 0 aliphatic rings. The van der Waals surface area contributed by atoms with Gasteiger partial charge in [0.05, 0.1) is 10.7 Å². The van der Waals surface area contributed by atoms with E-state index in [0.29, 0.717) is 17.7 Å². The summed E-state index contributed by atoms with van der Waals surface area (Å²) in [5.74, 6) is -0.402. The standard InChI is InChI=1S/C16H16ClFN2O2/c1-11(21-2)22-20-16(8-12-4-3-7-19-10-12)14-6-5-13(18)9-15(14)17/h3-7,9-11H,8H2,1-2H3. The first kappa shape index (κ1) is 16.4. The van der Waals surface area contributed by atoms with E-state index in [4.69, 9.17) is 21.2 Å². The van der Waals surface area contributed by atoms with Crippen LogP contribution in [0.2, 0.25) is 5.02 Å². The molecule has 0 radical (unpaired) electrons. The fourth-order valence-corrected chi connectivity index (χ4v) is 2.05. The summed E-state index contributed by atoms with van der Waals surface area (Å²) in [6.07, 6.45) is 3.37. The highest BCUT2D eigenvalue weighted by atomic mass is 35.5. The summed E-state index contributed by atoms with van der Waals surface area (Å²) in [7, 11) is 1.52. The van der Waals surface area contributed by atoms with Crippen LogP contribution in [0, 0.1) is 5.82 Å². The second kappa shape index (κ2) is 7.87. The van der Waals surface area contributed by atoms with Crippen molar-refractivity contribution in [2.24, 2.45) is 5.16 Å². The summed E-state index contributed by atoms with van der Waals surface area (Å²) in [5, 5.41) is 4.38. The highest BCUT2D eigenvalue weighted by Gasteiger charge is 2.12. The third-order valence-corrected chi connectivity index (χ3v) is 3.29. The predicted molar refractivity (Wildman–Crippen MR) is 83.4 cm³/mol. The molecule has 1 unspecified atom stereocenters. The molecule has 1 atom stereocenters. The van der Waals surface area contributed by atoms with Crippen LogP contribution >= 0.6 is 11.6 Å². The first-order valence-electron chi connectivity index (χ1n) is 6.70. The summed E-state index contributed by atoms with van der Waals surface area (Å²) >= 11 is 6.12. The van der Waals surface area contributed by atoms with Gasteiger partial charge >= 0.3 is 0 Å². The Morgan fingerprint density at radius 2 is 2.23 bits per heavy atom. The highest BCUT2D eigenvalue weighted by molar-refractivity contribution is 6.34. The molecule has 1 aromatic carbocycles. The Morgan fingerprint density at radius 1 is 1.41 bits per heavy atom. The van der Waals surface area contributed by atoms with Crippen molar-refractivity contribution < 1.29 is 14.0 Å². The Bertz CT molecular complexity index is 650. The van der Waals surface area contributed by atoms with Crippen LogP contribution < -0.4 is 0 Å². The molecule has 0 aliphatic carbocycles. The van der Waals surface area contributed by atoms with Crippen molar-refractivity contribution in [1.82, 2.24) is 4.98 Å². The van der Waals surface area contributed by atoms with E-state index in [-0.39, 0.29) is 5.02 Å². The monoisotopic (exact) mass is 322 g/mol. The van der Waals surface area contributed by atoms with Gasteiger partial charge < -0.3 is 9.57 Å². The number of halogens is 2. The quantitative estimate of drug-likeness (QED) is 0.461. The predicted octanol–water partition coefficient (Wildman–Crippen LogP) is 3.83. The van der Waals surface area contributed by atoms with Gasteiger partial charge in [0.1, 0.15) is 5.82 Å². The molecule has 0 fully saturated rings. The summed E-state index contributed by atoms with van der Waals surface area (Å²) < 4.78 is 18.2. The van der Waals surface area contributed by atoms with Gasteiger partial charge in [-0.1, -0.05) is 22.8 Å². The lowest BCUT2D eigenvalue weighted by atomic mass is 10.0. The number of rotatable bonds is 6. The molecule has 2 rings (SSSR count). The molecule has 22 heavy (non-hydrogen) atoms. The third kappa shape index (κ3) is 4.51. The van der Waals surface area contributed by atoms with Crippen LogP contribution in [0.15, 0.2) is 47.9 Å². The number of ether oxygens (including phenoxy) is 1. The van der Waals surface area contributed by atoms with Crippen molar-refractivity contribution >= 4 is 17.3 Å². The lowest BCUT2D eigenvalue weighted by Crippen LogP contribution is -2.12. The van der Waals surface area contributed by atoms with Crippen molar-refractivity contribution in [3.8, 4) is 0 Å². The third-order valence-electron chi connectivity index (χ3n) is 2.98. The lowest BCUT2D eigenvalue weighted by molar-refractivity contribution is -0.110. The summed E-state index contributed by atoms with van der Waals surface area (Å²) in [6, 6.07) is 7.90. The molecule has 2 aromatic rings. The van der Waals surface area contributed by atoms with Gasteiger partial charge in [0.25, 0.3) is 0 Å². The molecule has 0 amide bonds. The molecule has 0 saturated carbocycles. The molecular weight excluding hydrogens is 307 g/mol. The van der Waals surface area contributed by atoms with E-state index in [1.54, 1.807) is 25.4 Å². The summed E-state index contributed by atoms with van der Waals surface area (Å²) in [5.41, 5.74) is 2.12. The topological polar surface area (TPSA) is 43.7 Å². The number of oxime groups is 1. The maximum absolute atomic E-state index is 13.2. The van der Waals surface area contributed by atoms with Crippen LogP contribution in [0.4, 0.5) is 4.39 Å². The second-order valence-electron chi connectivity index (χ2n) is 4.61. The van der Waals surface area contributed by atoms with Gasteiger partial charge in [-0.2, -0.15) is 0 Å². The minimum Gasteiger partial charge on any atom is -0.364 e. The normalized spacial score (nSPS) is 13.0. The Morgan fingerprint density at radius 3 is 2.86 bits per heavy atom. The van der Waals surface area contributed by atoms with E-state index < -0.39 is 12.1 Å². The van der Waals surface area contributed by atoms with Crippen LogP contribution in [-0.4, -0.2) is 24.1 Å². The molecular formula is C16H16ClFN2O2.